The first-order valence-corrected chi connectivity index (χ1v) is 13.6. The number of hydrogen-bond donors (Lipinski definition) is 1. The predicted octanol–water partition coefficient (Wildman–Crippen LogP) is 5.80. The lowest BCUT2D eigenvalue weighted by Crippen LogP contribution is -2.52. The number of likely N-dealkylation sites (N-methyl/N-ethyl adjacent to an activating group) is 1. The molecule has 42 heavy (non-hydrogen) atoms. The van der Waals surface area contributed by atoms with E-state index in [0.717, 1.165) is 11.3 Å². The molecular weight excluding hydrogens is 543 g/mol. The summed E-state index contributed by atoms with van der Waals surface area (Å²) in [4.78, 5) is 38.8. The molecule has 0 radical (unpaired) electrons. The molecule has 0 saturated carbocycles. The molecule has 9 nitrogen and oxygen atoms in total. The third-order valence-electron chi connectivity index (χ3n) is 6.96. The predicted molar refractivity (Wildman–Crippen MR) is 157 cm³/mol. The number of halogens is 1. The van der Waals surface area contributed by atoms with Gasteiger partial charge in [-0.25, -0.2) is 4.39 Å². The minimum Gasteiger partial charge on any atom is -0.496 e. The minimum absolute atomic E-state index is 0.0241. The second kappa shape index (κ2) is 12.5. The molecule has 10 heteroatoms. The van der Waals surface area contributed by atoms with Gasteiger partial charge in [0.1, 0.15) is 35.2 Å². The van der Waals surface area contributed by atoms with Crippen molar-refractivity contribution in [1.82, 2.24) is 0 Å². The monoisotopic (exact) mass is 578 g/mol. The summed E-state index contributed by atoms with van der Waals surface area (Å²) in [6, 6.07) is 13.1. The van der Waals surface area contributed by atoms with Crippen LogP contribution < -0.4 is 24.4 Å². The molecule has 1 aliphatic rings. The molecule has 0 aliphatic carbocycles. The third kappa shape index (κ3) is 6.48. The van der Waals surface area contributed by atoms with Crippen molar-refractivity contribution >= 4 is 29.2 Å². The van der Waals surface area contributed by atoms with Gasteiger partial charge in [0, 0.05) is 30.3 Å². The molecule has 0 fully saturated rings. The van der Waals surface area contributed by atoms with Crippen molar-refractivity contribution in [2.24, 2.45) is 0 Å². The fourth-order valence-electron chi connectivity index (χ4n) is 4.89. The summed E-state index contributed by atoms with van der Waals surface area (Å²) in [7, 11) is 3.20. The molecule has 1 heterocycles. The van der Waals surface area contributed by atoms with Crippen LogP contribution in [-0.2, 0) is 25.7 Å². The van der Waals surface area contributed by atoms with Gasteiger partial charge in [-0.05, 0) is 63.1 Å². The van der Waals surface area contributed by atoms with E-state index in [2.05, 4.69) is 5.32 Å². The van der Waals surface area contributed by atoms with Crippen LogP contribution in [0.5, 0.6) is 17.2 Å². The maximum atomic E-state index is 14.0. The number of aryl methyl sites for hydroxylation is 1. The van der Waals surface area contributed by atoms with Gasteiger partial charge < -0.3 is 29.2 Å². The van der Waals surface area contributed by atoms with E-state index >= 15 is 0 Å². The lowest BCUT2D eigenvalue weighted by Gasteiger charge is -2.39. The SMILES string of the molecule is CCOC(=O)CCC(=O)Oc1ccc(-c2ccc3c(c2COc2cc(F)ccc2C)N(C)C(=O)C(C)(C)N3)c(OC)c1. The summed E-state index contributed by atoms with van der Waals surface area (Å²) in [5, 5.41) is 3.31. The standard InChI is InChI=1S/C32H35FN2O7/c1-7-40-28(36)14-15-29(37)42-21-10-11-23(27(17-21)39-6)22-12-13-25-30(35(5)31(38)32(3,4)34-25)24(22)18-41-26-16-20(33)9-8-19(26)2/h8-13,16-17,34H,7,14-15,18H2,1-6H3. The van der Waals surface area contributed by atoms with Gasteiger partial charge in [0.2, 0.25) is 0 Å². The van der Waals surface area contributed by atoms with Gasteiger partial charge in [-0.2, -0.15) is 0 Å². The van der Waals surface area contributed by atoms with Gasteiger partial charge in [0.25, 0.3) is 5.91 Å². The number of anilines is 2. The zero-order valence-electron chi connectivity index (χ0n) is 24.6. The summed E-state index contributed by atoms with van der Waals surface area (Å²) in [6.45, 7) is 7.40. The van der Waals surface area contributed by atoms with Crippen LogP contribution >= 0.6 is 0 Å². The first-order valence-electron chi connectivity index (χ1n) is 13.6. The molecule has 0 bridgehead atoms. The van der Waals surface area contributed by atoms with Gasteiger partial charge in [-0.15, -0.1) is 0 Å². The first-order chi connectivity index (χ1) is 19.9. The van der Waals surface area contributed by atoms with E-state index in [4.69, 9.17) is 18.9 Å². The third-order valence-corrected chi connectivity index (χ3v) is 6.96. The Labute approximate surface area is 244 Å². The quantitative estimate of drug-likeness (QED) is 0.238. The second-order valence-electron chi connectivity index (χ2n) is 10.4. The number of ether oxygens (including phenoxy) is 4. The van der Waals surface area contributed by atoms with E-state index in [1.807, 2.05) is 32.9 Å². The maximum Gasteiger partial charge on any atom is 0.311 e. The molecule has 222 valence electrons. The summed E-state index contributed by atoms with van der Waals surface area (Å²) in [6.07, 6.45) is -0.208. The van der Waals surface area contributed by atoms with Crippen molar-refractivity contribution in [3.63, 3.8) is 0 Å². The molecule has 1 amide bonds. The Morgan fingerprint density at radius 1 is 0.976 bits per heavy atom. The van der Waals surface area contributed by atoms with Gasteiger partial charge in [0.05, 0.1) is 37.9 Å². The lowest BCUT2D eigenvalue weighted by atomic mass is 9.91. The van der Waals surface area contributed by atoms with E-state index in [1.54, 1.807) is 43.1 Å². The van der Waals surface area contributed by atoms with Crippen molar-refractivity contribution in [1.29, 1.82) is 0 Å². The zero-order chi connectivity index (χ0) is 30.6. The molecule has 0 unspecified atom stereocenters. The number of nitrogens with one attached hydrogen (secondary N) is 1. The van der Waals surface area contributed by atoms with Gasteiger partial charge in [-0.1, -0.05) is 12.1 Å². The van der Waals surface area contributed by atoms with Crippen molar-refractivity contribution in [3.8, 4) is 28.4 Å². The highest BCUT2D eigenvalue weighted by molar-refractivity contribution is 6.08. The number of esters is 2. The van der Waals surface area contributed by atoms with Gasteiger partial charge in [-0.3, -0.25) is 14.4 Å². The lowest BCUT2D eigenvalue weighted by molar-refractivity contribution is -0.146. The molecule has 3 aromatic rings. The Bertz CT molecular complexity index is 1520. The number of amides is 1. The van der Waals surface area contributed by atoms with E-state index in [9.17, 15) is 18.8 Å². The van der Waals surface area contributed by atoms with E-state index in [0.29, 0.717) is 33.9 Å². The second-order valence-corrected chi connectivity index (χ2v) is 10.4. The van der Waals surface area contributed by atoms with Crippen molar-refractivity contribution in [2.75, 3.05) is 31.0 Å². The van der Waals surface area contributed by atoms with Crippen LogP contribution in [0.15, 0.2) is 48.5 Å². The van der Waals surface area contributed by atoms with Gasteiger partial charge >= 0.3 is 11.9 Å². The van der Waals surface area contributed by atoms with Crippen LogP contribution in [0.3, 0.4) is 0 Å². The summed E-state index contributed by atoms with van der Waals surface area (Å²) in [5.74, 6) is -0.575. The average Bonchev–Trinajstić information content (AvgIpc) is 2.95. The van der Waals surface area contributed by atoms with Crippen molar-refractivity contribution < 1.29 is 37.7 Å². The maximum absolute atomic E-state index is 14.0. The highest BCUT2D eigenvalue weighted by Gasteiger charge is 2.38. The molecule has 0 spiro atoms. The Hall–Kier alpha value is -4.60. The van der Waals surface area contributed by atoms with Gasteiger partial charge in [0.15, 0.2) is 0 Å². The summed E-state index contributed by atoms with van der Waals surface area (Å²) in [5.41, 5.74) is 3.35. The summed E-state index contributed by atoms with van der Waals surface area (Å²) >= 11 is 0. The van der Waals surface area contributed by atoms with Crippen LogP contribution in [0.4, 0.5) is 15.8 Å². The van der Waals surface area contributed by atoms with Crippen LogP contribution in [0, 0.1) is 12.7 Å². The number of fused-ring (bicyclic) bond motifs is 1. The number of methoxy groups -OCH3 is 1. The Balaban J connectivity index is 1.72. The number of rotatable bonds is 10. The number of carbonyl (C=O) groups is 3. The Morgan fingerprint density at radius 2 is 1.69 bits per heavy atom. The van der Waals surface area contributed by atoms with E-state index in [1.165, 1.54) is 19.2 Å². The molecule has 0 aromatic heterocycles. The van der Waals surface area contributed by atoms with Crippen molar-refractivity contribution in [3.05, 3.63) is 65.5 Å². The molecule has 1 aliphatic heterocycles. The normalized spacial score (nSPS) is 13.6. The van der Waals surface area contributed by atoms with Crippen molar-refractivity contribution in [2.45, 2.75) is 52.7 Å². The first kappa shape index (κ1) is 30.4. The number of nitrogens with zero attached hydrogens (tertiary/aromatic N) is 1. The highest BCUT2D eigenvalue weighted by Crippen LogP contribution is 2.45. The largest absolute Gasteiger partial charge is 0.496 e. The van der Waals surface area contributed by atoms with E-state index in [-0.39, 0.29) is 37.7 Å². The Morgan fingerprint density at radius 3 is 2.40 bits per heavy atom. The fraction of sp³-hybridized carbons (Fsp3) is 0.344. The van der Waals surface area contributed by atoms with Crippen LogP contribution in [0.1, 0.15) is 44.7 Å². The fourth-order valence-corrected chi connectivity index (χ4v) is 4.89. The number of hydrogen-bond acceptors (Lipinski definition) is 8. The van der Waals surface area contributed by atoms with Crippen LogP contribution in [-0.4, -0.2) is 44.1 Å². The summed E-state index contributed by atoms with van der Waals surface area (Å²) < 4.78 is 36.1. The number of carbonyl (C=O) groups excluding carboxylic acids is 3. The molecule has 4 rings (SSSR count). The Kier molecular flexibility index (Phi) is 9.04. The molecule has 3 aromatic carbocycles. The zero-order valence-corrected chi connectivity index (χ0v) is 24.6. The van der Waals surface area contributed by atoms with Crippen LogP contribution in [0.2, 0.25) is 0 Å². The number of benzene rings is 3. The molecule has 0 atom stereocenters. The highest BCUT2D eigenvalue weighted by atomic mass is 19.1. The topological polar surface area (TPSA) is 103 Å². The molecular formula is C32H35FN2O7. The molecule has 0 saturated heterocycles. The minimum atomic E-state index is -0.822. The smallest absolute Gasteiger partial charge is 0.311 e. The average molecular weight is 579 g/mol. The van der Waals surface area contributed by atoms with Crippen LogP contribution in [0.25, 0.3) is 11.1 Å². The van der Waals surface area contributed by atoms with E-state index < -0.39 is 23.3 Å². The molecule has 1 N–H and O–H groups in total.